The summed E-state index contributed by atoms with van der Waals surface area (Å²) in [5.74, 6) is 0.701. The molecule has 20 heavy (non-hydrogen) atoms. The minimum atomic E-state index is -0.698. The van der Waals surface area contributed by atoms with Gasteiger partial charge in [0.1, 0.15) is 24.7 Å². The number of rotatable bonds is 9. The first-order valence-corrected chi connectivity index (χ1v) is 6.52. The van der Waals surface area contributed by atoms with Crippen molar-refractivity contribution in [1.82, 2.24) is 0 Å². The first-order valence-electron chi connectivity index (χ1n) is 6.52. The highest BCUT2D eigenvalue weighted by molar-refractivity contribution is 5.76. The van der Waals surface area contributed by atoms with Crippen molar-refractivity contribution in [1.29, 1.82) is 0 Å². The predicted molar refractivity (Wildman–Crippen MR) is 75.5 cm³/mol. The Morgan fingerprint density at radius 1 is 1.20 bits per heavy atom. The summed E-state index contributed by atoms with van der Waals surface area (Å²) in [6, 6.07) is 3.52. The molecule has 0 aliphatic rings. The van der Waals surface area contributed by atoms with Crippen LogP contribution in [0.5, 0.6) is 5.75 Å². The summed E-state index contributed by atoms with van der Waals surface area (Å²) in [6.45, 7) is 5.04. The lowest BCUT2D eigenvalue weighted by Crippen LogP contribution is -2.24. The van der Waals surface area contributed by atoms with E-state index in [4.69, 9.17) is 14.2 Å². The molecule has 0 radical (unpaired) electrons. The van der Waals surface area contributed by atoms with Crippen molar-refractivity contribution in [2.75, 3.05) is 33.5 Å². The molecule has 1 rings (SSSR count). The van der Waals surface area contributed by atoms with Crippen molar-refractivity contribution >= 4 is 6.29 Å². The minimum Gasteiger partial charge on any atom is -0.490 e. The Morgan fingerprint density at radius 3 is 2.40 bits per heavy atom. The Morgan fingerprint density at radius 2 is 1.85 bits per heavy atom. The van der Waals surface area contributed by atoms with Gasteiger partial charge in [-0.15, -0.1) is 0 Å². The fraction of sp³-hybridized carbons (Fsp3) is 0.533. The molecule has 0 aliphatic carbocycles. The normalized spacial score (nSPS) is 12.2. The molecular formula is C15H22O5. The SMILES string of the molecule is COCCOCC(O)COc1c(C)cc(C=O)cc1C. The van der Waals surface area contributed by atoms with E-state index in [-0.39, 0.29) is 13.2 Å². The number of aryl methyl sites for hydroxylation is 2. The quantitative estimate of drug-likeness (QED) is 0.549. The second kappa shape index (κ2) is 8.68. The summed E-state index contributed by atoms with van der Waals surface area (Å²) < 4.78 is 15.7. The molecule has 0 aromatic heterocycles. The summed E-state index contributed by atoms with van der Waals surface area (Å²) in [6.07, 6.45) is 0.110. The maximum absolute atomic E-state index is 10.8. The molecule has 0 saturated carbocycles. The Hall–Kier alpha value is -1.43. The van der Waals surface area contributed by atoms with Gasteiger partial charge in [-0.2, -0.15) is 0 Å². The van der Waals surface area contributed by atoms with Gasteiger partial charge in [-0.25, -0.2) is 0 Å². The van der Waals surface area contributed by atoms with E-state index in [0.29, 0.717) is 24.5 Å². The molecule has 0 heterocycles. The number of aldehydes is 1. The molecule has 0 saturated heterocycles. The van der Waals surface area contributed by atoms with Gasteiger partial charge >= 0.3 is 0 Å². The first-order chi connectivity index (χ1) is 9.58. The summed E-state index contributed by atoms with van der Waals surface area (Å²) in [5, 5.41) is 9.75. The molecule has 1 N–H and O–H groups in total. The second-order valence-electron chi connectivity index (χ2n) is 4.63. The Balaban J connectivity index is 2.47. The fourth-order valence-electron chi connectivity index (χ4n) is 1.87. The van der Waals surface area contributed by atoms with Crippen LogP contribution in [0, 0.1) is 13.8 Å². The fourth-order valence-corrected chi connectivity index (χ4v) is 1.87. The van der Waals surface area contributed by atoms with Crippen molar-refractivity contribution in [3.8, 4) is 5.75 Å². The molecule has 1 aromatic rings. The number of carbonyl (C=O) groups is 1. The molecular weight excluding hydrogens is 260 g/mol. The molecule has 1 unspecified atom stereocenters. The van der Waals surface area contributed by atoms with Crippen LogP contribution < -0.4 is 4.74 Å². The number of methoxy groups -OCH3 is 1. The average Bonchev–Trinajstić information content (AvgIpc) is 2.42. The zero-order valence-electron chi connectivity index (χ0n) is 12.2. The second-order valence-corrected chi connectivity index (χ2v) is 4.63. The van der Waals surface area contributed by atoms with Crippen molar-refractivity contribution in [2.24, 2.45) is 0 Å². The summed E-state index contributed by atoms with van der Waals surface area (Å²) in [4.78, 5) is 10.8. The molecule has 0 bridgehead atoms. The summed E-state index contributed by atoms with van der Waals surface area (Å²) >= 11 is 0. The monoisotopic (exact) mass is 282 g/mol. The van der Waals surface area contributed by atoms with E-state index in [9.17, 15) is 9.90 Å². The zero-order chi connectivity index (χ0) is 15.0. The molecule has 0 amide bonds. The van der Waals surface area contributed by atoms with Gasteiger partial charge in [-0.3, -0.25) is 4.79 Å². The van der Waals surface area contributed by atoms with Crippen molar-refractivity contribution < 1.29 is 24.1 Å². The van der Waals surface area contributed by atoms with Gasteiger partial charge in [-0.1, -0.05) is 0 Å². The standard InChI is InChI=1S/C15H22O5/c1-11-6-13(8-16)7-12(2)15(11)20-10-14(17)9-19-5-4-18-3/h6-8,14,17H,4-5,9-10H2,1-3H3. The van der Waals surface area contributed by atoms with E-state index < -0.39 is 6.10 Å². The molecule has 5 nitrogen and oxygen atoms in total. The summed E-state index contributed by atoms with van der Waals surface area (Å²) in [5.41, 5.74) is 2.37. The van der Waals surface area contributed by atoms with Crippen molar-refractivity contribution in [3.05, 3.63) is 28.8 Å². The van der Waals surface area contributed by atoms with Gasteiger partial charge in [0.15, 0.2) is 0 Å². The number of carbonyl (C=O) groups excluding carboxylic acids is 1. The van der Waals surface area contributed by atoms with Crippen LogP contribution in [-0.4, -0.2) is 51.0 Å². The van der Waals surface area contributed by atoms with Gasteiger partial charge < -0.3 is 19.3 Å². The smallest absolute Gasteiger partial charge is 0.150 e. The van der Waals surface area contributed by atoms with Crippen LogP contribution >= 0.6 is 0 Å². The Bertz CT molecular complexity index is 407. The average molecular weight is 282 g/mol. The molecule has 0 aliphatic heterocycles. The van der Waals surface area contributed by atoms with E-state index in [0.717, 1.165) is 17.4 Å². The maximum atomic E-state index is 10.8. The number of ether oxygens (including phenoxy) is 3. The van der Waals surface area contributed by atoms with Crippen LogP contribution in [0.1, 0.15) is 21.5 Å². The Labute approximate surface area is 119 Å². The lowest BCUT2D eigenvalue weighted by Gasteiger charge is -2.16. The molecule has 0 spiro atoms. The van der Waals surface area contributed by atoms with E-state index in [2.05, 4.69) is 0 Å². The molecule has 1 atom stereocenters. The van der Waals surface area contributed by atoms with Gasteiger partial charge in [0.2, 0.25) is 0 Å². The van der Waals surface area contributed by atoms with E-state index in [1.807, 2.05) is 13.8 Å². The zero-order valence-corrected chi connectivity index (χ0v) is 12.2. The largest absolute Gasteiger partial charge is 0.490 e. The highest BCUT2D eigenvalue weighted by Gasteiger charge is 2.10. The van der Waals surface area contributed by atoms with Gasteiger partial charge in [0, 0.05) is 12.7 Å². The molecule has 112 valence electrons. The van der Waals surface area contributed by atoms with Crippen LogP contribution in [0.2, 0.25) is 0 Å². The van der Waals surface area contributed by atoms with E-state index in [1.54, 1.807) is 19.2 Å². The topological polar surface area (TPSA) is 65.0 Å². The van der Waals surface area contributed by atoms with Crippen LogP contribution in [0.3, 0.4) is 0 Å². The number of aliphatic hydroxyl groups excluding tert-OH is 1. The van der Waals surface area contributed by atoms with Crippen LogP contribution in [0.25, 0.3) is 0 Å². The highest BCUT2D eigenvalue weighted by Crippen LogP contribution is 2.24. The number of hydrogen-bond acceptors (Lipinski definition) is 5. The lowest BCUT2D eigenvalue weighted by atomic mass is 10.1. The third-order valence-electron chi connectivity index (χ3n) is 2.78. The number of benzene rings is 1. The molecule has 5 heteroatoms. The first kappa shape index (κ1) is 16.6. The van der Waals surface area contributed by atoms with Gasteiger partial charge in [0.25, 0.3) is 0 Å². The number of aliphatic hydroxyl groups is 1. The predicted octanol–water partition coefficient (Wildman–Crippen LogP) is 1.52. The van der Waals surface area contributed by atoms with E-state index >= 15 is 0 Å². The van der Waals surface area contributed by atoms with Crippen LogP contribution in [0.15, 0.2) is 12.1 Å². The summed E-state index contributed by atoms with van der Waals surface area (Å²) in [7, 11) is 1.59. The van der Waals surface area contributed by atoms with E-state index in [1.165, 1.54) is 0 Å². The third-order valence-corrected chi connectivity index (χ3v) is 2.78. The minimum absolute atomic E-state index is 0.148. The van der Waals surface area contributed by atoms with Crippen molar-refractivity contribution in [2.45, 2.75) is 20.0 Å². The highest BCUT2D eigenvalue weighted by atomic mass is 16.5. The van der Waals surface area contributed by atoms with Crippen LogP contribution in [-0.2, 0) is 9.47 Å². The van der Waals surface area contributed by atoms with Gasteiger partial charge in [0.05, 0.1) is 19.8 Å². The number of hydrogen-bond donors (Lipinski definition) is 1. The van der Waals surface area contributed by atoms with Gasteiger partial charge in [-0.05, 0) is 37.1 Å². The molecule has 1 aromatic carbocycles. The third kappa shape index (κ3) is 5.28. The Kier molecular flexibility index (Phi) is 7.22. The maximum Gasteiger partial charge on any atom is 0.150 e. The van der Waals surface area contributed by atoms with Crippen LogP contribution in [0.4, 0.5) is 0 Å². The molecule has 0 fully saturated rings. The van der Waals surface area contributed by atoms with Crippen molar-refractivity contribution in [3.63, 3.8) is 0 Å². The lowest BCUT2D eigenvalue weighted by molar-refractivity contribution is -0.00437.